The van der Waals surface area contributed by atoms with Crippen molar-refractivity contribution in [3.63, 3.8) is 0 Å². The molecule has 1 aliphatic rings. The normalized spacial score (nSPS) is 13.6. The lowest BCUT2D eigenvalue weighted by Gasteiger charge is -2.35. The van der Waals surface area contributed by atoms with Crippen molar-refractivity contribution >= 4 is 28.6 Å². The number of hydrogen-bond donors (Lipinski definition) is 1. The average Bonchev–Trinajstić information content (AvgIpc) is 2.90. The third kappa shape index (κ3) is 5.01. The SMILES string of the molecule is CCc1ccc(C(=O)N2CCN(C(=O)CNC(=O)c3cc(OC)c4ccccc4n3)CC2)cc1. The molecule has 34 heavy (non-hydrogen) atoms. The molecule has 0 radical (unpaired) electrons. The topological polar surface area (TPSA) is 91.8 Å². The summed E-state index contributed by atoms with van der Waals surface area (Å²) < 4.78 is 5.38. The molecule has 1 aromatic heterocycles. The second kappa shape index (κ2) is 10.3. The van der Waals surface area contributed by atoms with Crippen LogP contribution in [0.1, 0.15) is 33.3 Å². The highest BCUT2D eigenvalue weighted by atomic mass is 16.5. The van der Waals surface area contributed by atoms with Gasteiger partial charge in [-0.3, -0.25) is 14.4 Å². The molecule has 0 bridgehead atoms. The quantitative estimate of drug-likeness (QED) is 0.610. The molecule has 0 spiro atoms. The van der Waals surface area contributed by atoms with E-state index in [1.807, 2.05) is 42.5 Å². The van der Waals surface area contributed by atoms with Crippen molar-refractivity contribution in [3.8, 4) is 5.75 Å². The van der Waals surface area contributed by atoms with Crippen molar-refractivity contribution in [1.29, 1.82) is 0 Å². The third-order valence-corrected chi connectivity index (χ3v) is 6.06. The van der Waals surface area contributed by atoms with E-state index in [9.17, 15) is 14.4 Å². The molecule has 2 aromatic carbocycles. The number of para-hydroxylation sites is 1. The smallest absolute Gasteiger partial charge is 0.270 e. The second-order valence-corrected chi connectivity index (χ2v) is 8.13. The standard InChI is InChI=1S/C26H28N4O4/c1-3-18-8-10-19(11-9-18)26(33)30-14-12-29(13-15-30)24(31)17-27-25(32)22-16-23(34-2)20-6-4-5-7-21(20)28-22/h4-11,16H,3,12-15,17H2,1-2H3,(H,27,32). The van der Waals surface area contributed by atoms with Crippen molar-refractivity contribution < 1.29 is 19.1 Å². The van der Waals surface area contributed by atoms with E-state index in [1.54, 1.807) is 21.9 Å². The van der Waals surface area contributed by atoms with E-state index in [0.29, 0.717) is 43.0 Å². The molecule has 176 valence electrons. The summed E-state index contributed by atoms with van der Waals surface area (Å²) in [6, 6.07) is 16.6. The molecular formula is C26H28N4O4. The van der Waals surface area contributed by atoms with E-state index in [0.717, 1.165) is 11.8 Å². The lowest BCUT2D eigenvalue weighted by Crippen LogP contribution is -2.52. The highest BCUT2D eigenvalue weighted by Crippen LogP contribution is 2.24. The number of carbonyl (C=O) groups is 3. The largest absolute Gasteiger partial charge is 0.496 e. The summed E-state index contributed by atoms with van der Waals surface area (Å²) in [5.41, 5.74) is 2.67. The van der Waals surface area contributed by atoms with Crippen LogP contribution in [0, 0.1) is 0 Å². The number of fused-ring (bicyclic) bond motifs is 1. The fraction of sp³-hybridized carbons (Fsp3) is 0.308. The number of aromatic nitrogens is 1. The lowest BCUT2D eigenvalue weighted by molar-refractivity contribution is -0.131. The first kappa shape index (κ1) is 23.2. The Balaban J connectivity index is 1.30. The van der Waals surface area contributed by atoms with Gasteiger partial charge < -0.3 is 19.9 Å². The Kier molecular flexibility index (Phi) is 7.06. The van der Waals surface area contributed by atoms with Crippen LogP contribution in [0.25, 0.3) is 10.9 Å². The Morgan fingerprint density at radius 2 is 1.65 bits per heavy atom. The van der Waals surface area contributed by atoms with Gasteiger partial charge in [-0.15, -0.1) is 0 Å². The zero-order valence-electron chi connectivity index (χ0n) is 19.4. The number of hydrogen-bond acceptors (Lipinski definition) is 5. The number of pyridine rings is 1. The van der Waals surface area contributed by atoms with E-state index < -0.39 is 5.91 Å². The Bertz CT molecular complexity index is 1200. The highest BCUT2D eigenvalue weighted by Gasteiger charge is 2.25. The summed E-state index contributed by atoms with van der Waals surface area (Å²) >= 11 is 0. The van der Waals surface area contributed by atoms with Gasteiger partial charge in [-0.25, -0.2) is 4.98 Å². The first-order valence-corrected chi connectivity index (χ1v) is 11.4. The van der Waals surface area contributed by atoms with Crippen LogP contribution >= 0.6 is 0 Å². The number of amides is 3. The van der Waals surface area contributed by atoms with Crippen LogP contribution in [-0.4, -0.2) is 72.3 Å². The van der Waals surface area contributed by atoms with Crippen molar-refractivity contribution in [2.45, 2.75) is 13.3 Å². The Hall–Kier alpha value is -3.94. The summed E-state index contributed by atoms with van der Waals surface area (Å²) in [5, 5.41) is 3.47. The maximum atomic E-state index is 12.7. The minimum absolute atomic E-state index is 0.0284. The number of ether oxygens (including phenoxy) is 1. The van der Waals surface area contributed by atoms with Crippen LogP contribution in [0.4, 0.5) is 0 Å². The molecule has 1 fully saturated rings. The number of methoxy groups -OCH3 is 1. The Morgan fingerprint density at radius 1 is 0.971 bits per heavy atom. The van der Waals surface area contributed by atoms with Gasteiger partial charge in [-0.05, 0) is 36.2 Å². The maximum absolute atomic E-state index is 12.7. The van der Waals surface area contributed by atoms with Gasteiger partial charge in [-0.1, -0.05) is 31.2 Å². The summed E-state index contributed by atoms with van der Waals surface area (Å²) in [6.45, 7) is 3.70. The van der Waals surface area contributed by atoms with Gasteiger partial charge in [0.2, 0.25) is 5.91 Å². The van der Waals surface area contributed by atoms with Gasteiger partial charge in [0.15, 0.2) is 0 Å². The van der Waals surface area contributed by atoms with E-state index in [-0.39, 0.29) is 24.1 Å². The summed E-state index contributed by atoms with van der Waals surface area (Å²) in [4.78, 5) is 45.8. The number of nitrogens with zero attached hydrogens (tertiary/aromatic N) is 3. The van der Waals surface area contributed by atoms with E-state index in [1.165, 1.54) is 12.7 Å². The predicted octanol–water partition coefficient (Wildman–Crippen LogP) is 2.52. The molecule has 1 N–H and O–H groups in total. The summed E-state index contributed by atoms with van der Waals surface area (Å²) in [7, 11) is 1.54. The van der Waals surface area contributed by atoms with Crippen LogP contribution < -0.4 is 10.1 Å². The molecule has 0 aliphatic carbocycles. The third-order valence-electron chi connectivity index (χ3n) is 6.06. The fourth-order valence-corrected chi connectivity index (χ4v) is 4.01. The fourth-order valence-electron chi connectivity index (χ4n) is 4.01. The van der Waals surface area contributed by atoms with Crippen LogP contribution in [0.2, 0.25) is 0 Å². The Labute approximate surface area is 198 Å². The molecule has 3 amide bonds. The molecule has 0 unspecified atom stereocenters. The van der Waals surface area contributed by atoms with Crippen LogP contribution in [-0.2, 0) is 11.2 Å². The van der Waals surface area contributed by atoms with Gasteiger partial charge in [-0.2, -0.15) is 0 Å². The van der Waals surface area contributed by atoms with E-state index in [4.69, 9.17) is 4.74 Å². The zero-order valence-corrected chi connectivity index (χ0v) is 19.4. The van der Waals surface area contributed by atoms with Crippen molar-refractivity contribution in [2.75, 3.05) is 39.8 Å². The first-order chi connectivity index (χ1) is 16.5. The van der Waals surface area contributed by atoms with Crippen molar-refractivity contribution in [2.24, 2.45) is 0 Å². The lowest BCUT2D eigenvalue weighted by atomic mass is 10.1. The predicted molar refractivity (Wildman–Crippen MR) is 129 cm³/mol. The zero-order chi connectivity index (χ0) is 24.1. The van der Waals surface area contributed by atoms with E-state index >= 15 is 0 Å². The first-order valence-electron chi connectivity index (χ1n) is 11.4. The minimum Gasteiger partial charge on any atom is -0.496 e. The van der Waals surface area contributed by atoms with Crippen molar-refractivity contribution in [1.82, 2.24) is 20.1 Å². The van der Waals surface area contributed by atoms with Gasteiger partial charge in [0.25, 0.3) is 11.8 Å². The molecular weight excluding hydrogens is 432 g/mol. The molecule has 0 saturated carbocycles. The molecule has 4 rings (SSSR count). The van der Waals surface area contributed by atoms with Crippen molar-refractivity contribution in [3.05, 3.63) is 71.4 Å². The monoisotopic (exact) mass is 460 g/mol. The molecule has 2 heterocycles. The second-order valence-electron chi connectivity index (χ2n) is 8.13. The average molecular weight is 461 g/mol. The maximum Gasteiger partial charge on any atom is 0.270 e. The molecule has 8 heteroatoms. The highest BCUT2D eigenvalue weighted by molar-refractivity contribution is 5.98. The summed E-state index contributed by atoms with van der Waals surface area (Å²) in [5.74, 6) is -0.117. The van der Waals surface area contributed by atoms with Gasteiger partial charge in [0, 0.05) is 43.2 Å². The summed E-state index contributed by atoms with van der Waals surface area (Å²) in [6.07, 6.45) is 0.927. The number of aryl methyl sites for hydroxylation is 1. The van der Waals surface area contributed by atoms with Gasteiger partial charge in [0.1, 0.15) is 11.4 Å². The van der Waals surface area contributed by atoms with E-state index in [2.05, 4.69) is 17.2 Å². The molecule has 0 atom stereocenters. The van der Waals surface area contributed by atoms with Crippen LogP contribution in [0.3, 0.4) is 0 Å². The number of piperazine rings is 1. The molecule has 1 saturated heterocycles. The minimum atomic E-state index is -0.443. The molecule has 8 nitrogen and oxygen atoms in total. The van der Waals surface area contributed by atoms with Crippen LogP contribution in [0.15, 0.2) is 54.6 Å². The molecule has 3 aromatic rings. The number of carbonyl (C=O) groups excluding carboxylic acids is 3. The molecule has 1 aliphatic heterocycles. The number of rotatable bonds is 6. The number of nitrogens with one attached hydrogen (secondary N) is 1. The van der Waals surface area contributed by atoms with Crippen LogP contribution in [0.5, 0.6) is 5.75 Å². The Morgan fingerprint density at radius 3 is 2.32 bits per heavy atom. The van der Waals surface area contributed by atoms with Gasteiger partial charge in [0.05, 0.1) is 19.2 Å². The number of benzene rings is 2. The van der Waals surface area contributed by atoms with Gasteiger partial charge >= 0.3 is 0 Å².